The van der Waals surface area contributed by atoms with Gasteiger partial charge in [-0.05, 0) is 52.4 Å². The Hall–Kier alpha value is -2.62. The molecule has 1 atom stereocenters. The molecular weight excluding hydrogens is 538 g/mol. The van der Waals surface area contributed by atoms with Gasteiger partial charge in [-0.25, -0.2) is 9.59 Å². The molecule has 0 saturated heterocycles. The Morgan fingerprint density at radius 1 is 0.846 bits per heavy atom. The molecule has 205 valence electrons. The first kappa shape index (κ1) is 30.9. The van der Waals surface area contributed by atoms with E-state index in [2.05, 4.69) is 98.9 Å². The van der Waals surface area contributed by atoms with E-state index in [0.29, 0.717) is 5.57 Å². The van der Waals surface area contributed by atoms with Crippen LogP contribution in [0.5, 0.6) is 0 Å². The van der Waals surface area contributed by atoms with Gasteiger partial charge in [0.15, 0.2) is 0 Å². The van der Waals surface area contributed by atoms with Crippen LogP contribution in [0, 0.1) is 5.92 Å². The fourth-order valence-electron chi connectivity index (χ4n) is 5.44. The predicted octanol–water partition coefficient (Wildman–Crippen LogP) is 8.22. The number of hydrogen-bond donors (Lipinski definition) is 0. The molecule has 0 fully saturated rings. The first-order valence-corrected chi connectivity index (χ1v) is 17.6. The van der Waals surface area contributed by atoms with Crippen molar-refractivity contribution in [3.8, 4) is 0 Å². The van der Waals surface area contributed by atoms with Gasteiger partial charge in [-0.1, -0.05) is 101 Å². The quantitative estimate of drug-likeness (QED) is 0.162. The standard InChI is InChI=1S/C29H33O2P.C5H5.CH3.Mn/c1-4-12-23-15-7-9-18-27(23)32(22-31,28-19-10-8-16-24(28)13-5-2)29-20-11-17-25(21-30)26(29)14-6-3;1-2-4-5-3-1;;/h7-11,15-20,26H,4-6,12-14H2,1-3H3;1-3H,4H2;1H3;. The van der Waals surface area contributed by atoms with Crippen molar-refractivity contribution in [1.82, 2.24) is 0 Å². The number of carbonyl (C=O) groups excluding carboxylic acids is 2. The number of aryl methyl sites for hydroxylation is 2. The number of hydrogen-bond acceptors (Lipinski definition) is 2. The van der Waals surface area contributed by atoms with Crippen LogP contribution in [0.1, 0.15) is 64.0 Å². The summed E-state index contributed by atoms with van der Waals surface area (Å²) >= 11 is 0.984. The van der Waals surface area contributed by atoms with Crippen molar-refractivity contribution in [2.45, 2.75) is 71.5 Å². The van der Waals surface area contributed by atoms with E-state index in [4.69, 9.17) is 0 Å². The molecule has 0 amide bonds. The molecule has 0 bridgehead atoms. The molecule has 2 nitrogen and oxygen atoms in total. The second-order valence-electron chi connectivity index (χ2n) is 9.80. The fraction of sp³-hybridized carbons (Fsp3) is 0.343. The Bertz CT molecular complexity index is 1330. The Morgan fingerprint density at radius 3 is 1.90 bits per heavy atom. The molecule has 4 rings (SSSR count). The van der Waals surface area contributed by atoms with E-state index in [1.807, 2.05) is 24.3 Å². The van der Waals surface area contributed by atoms with Gasteiger partial charge in [0, 0.05) is 11.5 Å². The summed E-state index contributed by atoms with van der Waals surface area (Å²) in [5.74, 6) is 4.29. The van der Waals surface area contributed by atoms with Crippen LogP contribution in [0.4, 0.5) is 0 Å². The molecule has 2 aromatic rings. The maximum atomic E-state index is 13.3. The summed E-state index contributed by atoms with van der Waals surface area (Å²) in [4.78, 5) is 25.2. The topological polar surface area (TPSA) is 34.1 Å². The zero-order valence-corrected chi connectivity index (χ0v) is 25.8. The molecule has 2 aromatic carbocycles. The van der Waals surface area contributed by atoms with Gasteiger partial charge in [0.25, 0.3) is 0 Å². The Kier molecular flexibility index (Phi) is 12.6. The zero-order chi connectivity index (χ0) is 28.1. The van der Waals surface area contributed by atoms with Gasteiger partial charge in [0.2, 0.25) is 0 Å². The van der Waals surface area contributed by atoms with Crippen molar-refractivity contribution in [2.24, 2.45) is 5.92 Å². The number of benzene rings is 2. The molecule has 0 N–H and O–H groups in total. The van der Waals surface area contributed by atoms with Gasteiger partial charge in [0.05, 0.1) is 6.89 Å². The van der Waals surface area contributed by atoms with E-state index >= 15 is 0 Å². The van der Waals surface area contributed by atoms with Crippen molar-refractivity contribution in [2.75, 3.05) is 0 Å². The van der Waals surface area contributed by atoms with E-state index in [9.17, 15) is 9.59 Å². The van der Waals surface area contributed by atoms with Crippen LogP contribution in [0.2, 0.25) is 5.82 Å². The van der Waals surface area contributed by atoms with E-state index in [1.165, 1.54) is 17.5 Å². The summed E-state index contributed by atoms with van der Waals surface area (Å²) in [5, 5.41) is 3.23. The van der Waals surface area contributed by atoms with Gasteiger partial charge in [0.1, 0.15) is 11.6 Å². The van der Waals surface area contributed by atoms with E-state index in [0.717, 1.165) is 69.4 Å². The van der Waals surface area contributed by atoms with E-state index in [1.54, 1.807) is 4.47 Å². The maximum absolute atomic E-state index is 13.3. The van der Waals surface area contributed by atoms with Gasteiger partial charge in [-0.15, -0.1) is 0 Å². The molecule has 2 aliphatic rings. The van der Waals surface area contributed by atoms with E-state index < -0.39 is 6.89 Å². The minimum absolute atomic E-state index is 0.110. The third kappa shape index (κ3) is 7.13. The van der Waals surface area contributed by atoms with Crippen molar-refractivity contribution in [1.29, 1.82) is 0 Å². The van der Waals surface area contributed by atoms with Crippen molar-refractivity contribution < 1.29 is 24.5 Å². The molecular formula is C35H41MnO2P. The fourth-order valence-corrected chi connectivity index (χ4v) is 10.1. The van der Waals surface area contributed by atoms with Crippen LogP contribution < -0.4 is 10.6 Å². The van der Waals surface area contributed by atoms with Crippen LogP contribution in [-0.4, -0.2) is 11.6 Å². The number of allylic oxidation sites excluding steroid dienone is 9. The second-order valence-corrected chi connectivity index (χ2v) is 14.2. The third-order valence-electron chi connectivity index (χ3n) is 7.21. The average Bonchev–Trinajstić information content (AvgIpc) is 3.51. The predicted molar refractivity (Wildman–Crippen MR) is 165 cm³/mol. The average molecular weight is 580 g/mol. The molecule has 2 aliphatic carbocycles. The summed E-state index contributed by atoms with van der Waals surface area (Å²) in [6.45, 7) is 3.74. The number of rotatable bonds is 10. The molecule has 4 heteroatoms. The summed E-state index contributed by atoms with van der Waals surface area (Å²) in [6, 6.07) is 16.7. The van der Waals surface area contributed by atoms with Crippen molar-refractivity contribution in [3.05, 3.63) is 111 Å². The molecule has 0 aliphatic heterocycles. The Balaban J connectivity index is 0.000000520. The molecule has 0 spiro atoms. The molecule has 39 heavy (non-hydrogen) atoms. The van der Waals surface area contributed by atoms with Gasteiger partial charge >= 0.3 is 49.9 Å². The Morgan fingerprint density at radius 2 is 1.46 bits per heavy atom. The Labute approximate surface area is 241 Å². The summed E-state index contributed by atoms with van der Waals surface area (Å²) in [5.41, 5.74) is 5.73. The van der Waals surface area contributed by atoms with Crippen molar-refractivity contribution >= 4 is 29.1 Å². The first-order valence-electron chi connectivity index (χ1n) is 14.0. The van der Waals surface area contributed by atoms with Crippen molar-refractivity contribution in [3.63, 3.8) is 0 Å². The summed E-state index contributed by atoms with van der Waals surface area (Å²) < 4.78 is 1.59. The van der Waals surface area contributed by atoms with Crippen LogP contribution in [-0.2, 0) is 37.4 Å². The molecule has 0 aromatic heterocycles. The monoisotopic (exact) mass is 579 g/mol. The van der Waals surface area contributed by atoms with Gasteiger partial charge in [-0.2, -0.15) is 0 Å². The first-order chi connectivity index (χ1) is 19.1. The van der Waals surface area contributed by atoms with Crippen LogP contribution in [0.15, 0.2) is 100 Å². The SMILES string of the molecule is CCCc1ccccc1P(=C=O)(C1=CC=CC(=C=O)C1CCC)c1ccccc1CCC.[CH3][Mn][C]1=CC=CC1. The summed E-state index contributed by atoms with van der Waals surface area (Å²) in [6.07, 6.45) is 19.2. The zero-order valence-electron chi connectivity index (χ0n) is 23.8. The summed E-state index contributed by atoms with van der Waals surface area (Å²) in [7, 11) is 0. The minimum atomic E-state index is -2.72. The van der Waals surface area contributed by atoms with Crippen LogP contribution >= 0.6 is 6.89 Å². The second kappa shape index (κ2) is 15.8. The van der Waals surface area contributed by atoms with Crippen LogP contribution in [0.3, 0.4) is 0 Å². The molecule has 0 heterocycles. The molecule has 0 saturated carbocycles. The molecule has 0 radical (unpaired) electrons. The molecule has 1 unspecified atom stereocenters. The third-order valence-corrected chi connectivity index (χ3v) is 12.2. The van der Waals surface area contributed by atoms with Gasteiger partial charge in [-0.3, -0.25) is 0 Å². The normalized spacial score (nSPS) is 16.1. The van der Waals surface area contributed by atoms with Gasteiger partial charge < -0.3 is 0 Å². The van der Waals surface area contributed by atoms with E-state index in [-0.39, 0.29) is 5.92 Å². The van der Waals surface area contributed by atoms with Crippen LogP contribution in [0.25, 0.3) is 0 Å².